The molecule has 0 saturated carbocycles. The quantitative estimate of drug-likeness (QED) is 0.337. The first kappa shape index (κ1) is 22.7. The average molecular weight is 526 g/mol. The van der Waals surface area contributed by atoms with E-state index in [0.717, 1.165) is 29.8 Å². The van der Waals surface area contributed by atoms with E-state index in [-0.39, 0.29) is 36.3 Å². The number of nitrogens with zero attached hydrogens (tertiary/aromatic N) is 2. The van der Waals surface area contributed by atoms with Gasteiger partial charge in [-0.2, -0.15) is 0 Å². The molecule has 0 spiro atoms. The fourth-order valence-electron chi connectivity index (χ4n) is 2.84. The maximum Gasteiger partial charge on any atom is 0.573 e. The van der Waals surface area contributed by atoms with Gasteiger partial charge in [0.25, 0.3) is 0 Å². The van der Waals surface area contributed by atoms with Gasteiger partial charge in [-0.15, -0.1) is 48.5 Å². The summed E-state index contributed by atoms with van der Waals surface area (Å²) in [6, 6.07) is 5.56. The highest BCUT2D eigenvalue weighted by atomic mass is 127. The predicted octanol–water partition coefficient (Wildman–Crippen LogP) is 4.19. The van der Waals surface area contributed by atoms with Gasteiger partial charge in [-0.3, -0.25) is 0 Å². The summed E-state index contributed by atoms with van der Waals surface area (Å²) < 4.78 is 40.2. The maximum absolute atomic E-state index is 12.1. The number of aromatic nitrogens is 1. The Hall–Kier alpha value is -1.56. The molecule has 3 rings (SSSR count). The lowest BCUT2D eigenvalue weighted by atomic mass is 10.0. The lowest BCUT2D eigenvalue weighted by molar-refractivity contribution is -0.274. The number of ether oxygens (including phenoxy) is 1. The first-order valence-electron chi connectivity index (χ1n) is 8.75. The van der Waals surface area contributed by atoms with Crippen LogP contribution in [0.25, 0.3) is 0 Å². The highest BCUT2D eigenvalue weighted by molar-refractivity contribution is 14.0. The van der Waals surface area contributed by atoms with Gasteiger partial charge in [0.15, 0.2) is 5.96 Å². The van der Waals surface area contributed by atoms with Crippen LogP contribution in [0.15, 0.2) is 29.3 Å². The minimum Gasteiger partial charge on any atom is -0.406 e. The highest BCUT2D eigenvalue weighted by Gasteiger charge is 2.30. The number of guanidine groups is 1. The Bertz CT molecular complexity index is 770. The summed E-state index contributed by atoms with van der Waals surface area (Å²) in [5.74, 6) is 0.0411. The largest absolute Gasteiger partial charge is 0.573 e. The molecule has 0 unspecified atom stereocenters. The van der Waals surface area contributed by atoms with Crippen LogP contribution in [0.4, 0.5) is 13.2 Å². The van der Waals surface area contributed by atoms with E-state index in [1.54, 1.807) is 11.3 Å². The molecule has 1 aliphatic rings. The summed E-state index contributed by atoms with van der Waals surface area (Å²) in [6.07, 6.45) is 0.779. The Morgan fingerprint density at radius 3 is 2.61 bits per heavy atom. The van der Waals surface area contributed by atoms with Crippen LogP contribution in [-0.2, 0) is 25.8 Å². The molecular formula is C18H22F3IN4OS. The standard InChI is InChI=1S/C18H21F3N4OS.HI/c19-18(20,21)26-13-7-5-12(6-8-13)11-24-17(22)23-10-9-16-25-14-3-1-2-4-15(14)27-16;/h5-8H,1-4,9-11H2,(H3,22,23,24);1H. The van der Waals surface area contributed by atoms with Crippen molar-refractivity contribution in [1.29, 1.82) is 0 Å². The van der Waals surface area contributed by atoms with Crippen molar-refractivity contribution in [2.45, 2.75) is 45.0 Å². The highest BCUT2D eigenvalue weighted by Crippen LogP contribution is 2.26. The molecule has 0 fully saturated rings. The maximum atomic E-state index is 12.1. The van der Waals surface area contributed by atoms with Gasteiger partial charge in [0.1, 0.15) is 5.75 Å². The van der Waals surface area contributed by atoms with Crippen LogP contribution >= 0.6 is 35.3 Å². The van der Waals surface area contributed by atoms with Gasteiger partial charge < -0.3 is 15.8 Å². The van der Waals surface area contributed by atoms with Crippen molar-refractivity contribution < 1.29 is 17.9 Å². The fraction of sp³-hybridized carbons (Fsp3) is 0.444. The molecule has 1 aromatic carbocycles. The Kier molecular flexibility index (Phi) is 8.35. The van der Waals surface area contributed by atoms with Crippen LogP contribution in [0, 0.1) is 0 Å². The second kappa shape index (κ2) is 10.3. The van der Waals surface area contributed by atoms with E-state index >= 15 is 0 Å². The summed E-state index contributed by atoms with van der Waals surface area (Å²) in [5, 5.41) is 4.16. The molecular weight excluding hydrogens is 504 g/mol. The minimum atomic E-state index is -4.69. The summed E-state index contributed by atoms with van der Waals surface area (Å²) in [7, 11) is 0. The van der Waals surface area contributed by atoms with Crippen LogP contribution in [0.3, 0.4) is 0 Å². The molecule has 0 atom stereocenters. The van der Waals surface area contributed by atoms with Crippen molar-refractivity contribution in [2.24, 2.45) is 10.7 Å². The lowest BCUT2D eigenvalue weighted by Crippen LogP contribution is -2.33. The van der Waals surface area contributed by atoms with Crippen molar-refractivity contribution >= 4 is 41.3 Å². The summed E-state index contributed by atoms with van der Waals surface area (Å²) in [5.41, 5.74) is 7.83. The number of nitrogens with two attached hydrogens (primary N) is 1. The smallest absolute Gasteiger partial charge is 0.406 e. The van der Waals surface area contributed by atoms with Gasteiger partial charge in [-0.1, -0.05) is 12.1 Å². The van der Waals surface area contributed by atoms with Crippen LogP contribution in [-0.4, -0.2) is 23.9 Å². The van der Waals surface area contributed by atoms with Crippen molar-refractivity contribution in [3.63, 3.8) is 0 Å². The number of aryl methyl sites for hydroxylation is 2. The van der Waals surface area contributed by atoms with Crippen LogP contribution in [0.2, 0.25) is 0 Å². The first-order chi connectivity index (χ1) is 12.9. The number of hydrogen-bond acceptors (Lipinski definition) is 4. The average Bonchev–Trinajstić information content (AvgIpc) is 3.02. The van der Waals surface area contributed by atoms with E-state index in [9.17, 15) is 13.2 Å². The molecule has 5 nitrogen and oxygen atoms in total. The van der Waals surface area contributed by atoms with Crippen molar-refractivity contribution in [3.05, 3.63) is 45.4 Å². The monoisotopic (exact) mass is 526 g/mol. The Morgan fingerprint density at radius 2 is 1.93 bits per heavy atom. The SMILES string of the molecule is I.NC(=NCc1ccc(OC(F)(F)F)cc1)NCCc1nc2c(s1)CCCC2. The van der Waals surface area contributed by atoms with E-state index in [1.165, 1.54) is 47.7 Å². The molecule has 154 valence electrons. The molecule has 0 saturated heterocycles. The van der Waals surface area contributed by atoms with Gasteiger partial charge in [0.05, 0.1) is 17.2 Å². The number of fused-ring (bicyclic) bond motifs is 1. The number of benzene rings is 1. The second-order valence-corrected chi connectivity index (χ2v) is 7.42. The molecule has 1 heterocycles. The zero-order valence-electron chi connectivity index (χ0n) is 15.1. The van der Waals surface area contributed by atoms with Crippen molar-refractivity contribution in [2.75, 3.05) is 6.54 Å². The zero-order chi connectivity index (χ0) is 19.3. The van der Waals surface area contributed by atoms with Gasteiger partial charge in [-0.05, 0) is 43.4 Å². The Labute approximate surface area is 182 Å². The van der Waals surface area contributed by atoms with E-state index < -0.39 is 6.36 Å². The van der Waals surface area contributed by atoms with Crippen molar-refractivity contribution in [1.82, 2.24) is 10.3 Å². The number of nitrogens with one attached hydrogen (secondary N) is 1. The number of alkyl halides is 3. The van der Waals surface area contributed by atoms with Gasteiger partial charge >= 0.3 is 6.36 Å². The van der Waals surface area contributed by atoms with E-state index in [2.05, 4.69) is 20.0 Å². The molecule has 0 amide bonds. The molecule has 1 aliphatic carbocycles. The van der Waals surface area contributed by atoms with Gasteiger partial charge in [-0.25, -0.2) is 9.98 Å². The zero-order valence-corrected chi connectivity index (χ0v) is 18.2. The van der Waals surface area contributed by atoms with Crippen LogP contribution in [0.5, 0.6) is 5.75 Å². The van der Waals surface area contributed by atoms with E-state index in [4.69, 9.17) is 5.73 Å². The Morgan fingerprint density at radius 1 is 1.21 bits per heavy atom. The van der Waals surface area contributed by atoms with E-state index in [0.29, 0.717) is 12.5 Å². The minimum absolute atomic E-state index is 0. The number of rotatable bonds is 6. The third-order valence-electron chi connectivity index (χ3n) is 4.12. The third kappa shape index (κ3) is 7.12. The molecule has 0 aliphatic heterocycles. The van der Waals surface area contributed by atoms with E-state index in [1.807, 2.05) is 0 Å². The third-order valence-corrected chi connectivity index (χ3v) is 5.34. The first-order valence-corrected chi connectivity index (χ1v) is 9.56. The number of thiazole rings is 1. The summed E-state index contributed by atoms with van der Waals surface area (Å²) in [6.45, 7) is 0.913. The molecule has 28 heavy (non-hydrogen) atoms. The summed E-state index contributed by atoms with van der Waals surface area (Å²) >= 11 is 1.78. The fourth-order valence-corrected chi connectivity index (χ4v) is 4.00. The topological polar surface area (TPSA) is 72.5 Å². The van der Waals surface area contributed by atoms with Gasteiger partial charge in [0.2, 0.25) is 0 Å². The number of halogens is 4. The lowest BCUT2D eigenvalue weighted by Gasteiger charge is -2.09. The number of hydrogen-bond donors (Lipinski definition) is 2. The second-order valence-electron chi connectivity index (χ2n) is 6.25. The molecule has 1 aromatic heterocycles. The molecule has 10 heteroatoms. The van der Waals surface area contributed by atoms with Crippen LogP contribution in [0.1, 0.15) is 34.0 Å². The summed E-state index contributed by atoms with van der Waals surface area (Å²) in [4.78, 5) is 10.3. The van der Waals surface area contributed by atoms with Gasteiger partial charge in [0, 0.05) is 17.8 Å². The molecule has 2 aromatic rings. The number of aliphatic imine (C=N–C) groups is 1. The molecule has 0 bridgehead atoms. The molecule has 3 N–H and O–H groups in total. The predicted molar refractivity (Wildman–Crippen MR) is 114 cm³/mol. The van der Waals surface area contributed by atoms with Crippen molar-refractivity contribution in [3.8, 4) is 5.75 Å². The molecule has 0 radical (unpaired) electrons. The Balaban J connectivity index is 0.00000280. The normalized spacial score (nSPS) is 14.2. The van der Waals surface area contributed by atoms with Crippen LogP contribution < -0.4 is 15.8 Å².